The Morgan fingerprint density at radius 3 is 2.27 bits per heavy atom. The van der Waals surface area contributed by atoms with Crippen molar-refractivity contribution in [2.24, 2.45) is 0 Å². The van der Waals surface area contributed by atoms with Crippen LogP contribution in [0.1, 0.15) is 53.7 Å². The van der Waals surface area contributed by atoms with E-state index < -0.39 is 0 Å². The van der Waals surface area contributed by atoms with Gasteiger partial charge in [-0.25, -0.2) is 0 Å². The number of hydrogen-bond donors (Lipinski definition) is 1. The Morgan fingerprint density at radius 2 is 1.70 bits per heavy atom. The standard InChI is InChI=1S/C25H32N2O3/c1-6-12-27(13-7-2)16-20-21(28)14-17(3)23-24(29)22(30-25(20)23)15-18-8-10-19(11-9-18)26(4)5/h8-11,14-15,28H,6-7,12-13,16H2,1-5H3/b22-15+. The number of Topliss-reactive ketones (excluding diaryl/α,β-unsaturated/α-hetero) is 1. The van der Waals surface area contributed by atoms with Crippen LogP contribution in [0.15, 0.2) is 36.1 Å². The fourth-order valence-electron chi connectivity index (χ4n) is 3.88. The molecule has 2 aromatic rings. The quantitative estimate of drug-likeness (QED) is 0.623. The average Bonchev–Trinajstić information content (AvgIpc) is 3.02. The minimum absolute atomic E-state index is 0.127. The summed E-state index contributed by atoms with van der Waals surface area (Å²) in [6.07, 6.45) is 3.84. The molecule has 2 aromatic carbocycles. The summed E-state index contributed by atoms with van der Waals surface area (Å²) in [5, 5.41) is 10.6. The number of anilines is 1. The number of ketones is 1. The van der Waals surface area contributed by atoms with Gasteiger partial charge in [0.15, 0.2) is 5.76 Å². The molecule has 1 aliphatic rings. The molecule has 160 valence electrons. The van der Waals surface area contributed by atoms with Crippen LogP contribution in [0.25, 0.3) is 6.08 Å². The maximum Gasteiger partial charge on any atom is 0.232 e. The smallest absolute Gasteiger partial charge is 0.232 e. The van der Waals surface area contributed by atoms with Crippen molar-refractivity contribution < 1.29 is 14.6 Å². The Morgan fingerprint density at radius 1 is 1.07 bits per heavy atom. The first-order chi connectivity index (χ1) is 14.3. The van der Waals surface area contributed by atoms with E-state index in [4.69, 9.17) is 4.74 Å². The van der Waals surface area contributed by atoms with Gasteiger partial charge >= 0.3 is 0 Å². The monoisotopic (exact) mass is 408 g/mol. The molecule has 1 heterocycles. The predicted molar refractivity (Wildman–Crippen MR) is 122 cm³/mol. The summed E-state index contributed by atoms with van der Waals surface area (Å²) in [4.78, 5) is 17.4. The molecule has 0 aromatic heterocycles. The van der Waals surface area contributed by atoms with Crippen LogP contribution in [0.2, 0.25) is 0 Å². The topological polar surface area (TPSA) is 53.0 Å². The molecule has 0 atom stereocenters. The van der Waals surface area contributed by atoms with E-state index in [1.54, 1.807) is 12.1 Å². The van der Waals surface area contributed by atoms with Crippen LogP contribution < -0.4 is 9.64 Å². The highest BCUT2D eigenvalue weighted by atomic mass is 16.5. The second kappa shape index (κ2) is 9.35. The summed E-state index contributed by atoms with van der Waals surface area (Å²) >= 11 is 0. The van der Waals surface area contributed by atoms with Crippen LogP contribution in [0.5, 0.6) is 11.5 Å². The molecule has 0 unspecified atom stereocenters. The highest BCUT2D eigenvalue weighted by molar-refractivity contribution is 6.15. The summed E-state index contributed by atoms with van der Waals surface area (Å²) in [5.74, 6) is 0.867. The molecule has 0 saturated carbocycles. The molecule has 0 spiro atoms. The van der Waals surface area contributed by atoms with Gasteiger partial charge in [0.1, 0.15) is 11.5 Å². The maximum atomic E-state index is 13.1. The van der Waals surface area contributed by atoms with Gasteiger partial charge in [-0.15, -0.1) is 0 Å². The molecule has 30 heavy (non-hydrogen) atoms. The van der Waals surface area contributed by atoms with Crippen LogP contribution in [-0.2, 0) is 6.54 Å². The van der Waals surface area contributed by atoms with Crippen molar-refractivity contribution in [2.45, 2.75) is 40.2 Å². The average molecular weight is 409 g/mol. The van der Waals surface area contributed by atoms with Gasteiger partial charge in [-0.1, -0.05) is 26.0 Å². The predicted octanol–water partition coefficient (Wildman–Crippen LogP) is 5.00. The number of allylic oxidation sites excluding steroid dienone is 1. The minimum atomic E-state index is -0.127. The summed E-state index contributed by atoms with van der Waals surface area (Å²) in [6, 6.07) is 9.64. The van der Waals surface area contributed by atoms with Gasteiger partial charge < -0.3 is 14.7 Å². The number of rotatable bonds is 8. The largest absolute Gasteiger partial charge is 0.507 e. The van der Waals surface area contributed by atoms with Gasteiger partial charge in [-0.2, -0.15) is 0 Å². The number of aryl methyl sites for hydroxylation is 1. The van der Waals surface area contributed by atoms with Crippen molar-refractivity contribution >= 4 is 17.5 Å². The Bertz CT molecular complexity index is 940. The van der Waals surface area contributed by atoms with Gasteiger partial charge in [0.2, 0.25) is 5.78 Å². The van der Waals surface area contributed by atoms with E-state index >= 15 is 0 Å². The Balaban J connectivity index is 1.95. The second-order valence-electron chi connectivity index (χ2n) is 8.10. The van der Waals surface area contributed by atoms with Crippen molar-refractivity contribution in [1.29, 1.82) is 0 Å². The maximum absolute atomic E-state index is 13.1. The van der Waals surface area contributed by atoms with Crippen molar-refractivity contribution in [3.05, 3.63) is 58.3 Å². The molecule has 3 rings (SSSR count). The number of nitrogens with zero attached hydrogens (tertiary/aromatic N) is 2. The van der Waals surface area contributed by atoms with Crippen LogP contribution in [0, 0.1) is 6.92 Å². The van der Waals surface area contributed by atoms with E-state index in [0.29, 0.717) is 29.2 Å². The first-order valence-electron chi connectivity index (χ1n) is 10.6. The zero-order valence-corrected chi connectivity index (χ0v) is 18.7. The number of benzene rings is 2. The number of hydrogen-bond acceptors (Lipinski definition) is 5. The lowest BCUT2D eigenvalue weighted by atomic mass is 9.99. The molecule has 0 saturated heterocycles. The molecule has 0 bridgehead atoms. The fraction of sp³-hybridized carbons (Fsp3) is 0.400. The Hall–Kier alpha value is -2.79. The first-order valence-corrected chi connectivity index (χ1v) is 10.6. The molecule has 0 fully saturated rings. The van der Waals surface area contributed by atoms with Gasteiger partial charge in [0.05, 0.1) is 11.1 Å². The first kappa shape index (κ1) is 21.9. The van der Waals surface area contributed by atoms with Gasteiger partial charge in [0.25, 0.3) is 0 Å². The molecule has 1 N–H and O–H groups in total. The van der Waals surface area contributed by atoms with E-state index in [2.05, 4.69) is 18.7 Å². The number of fused-ring (bicyclic) bond motifs is 1. The summed E-state index contributed by atoms with van der Waals surface area (Å²) in [5.41, 5.74) is 3.98. The molecule has 0 amide bonds. The lowest BCUT2D eigenvalue weighted by Crippen LogP contribution is -2.25. The van der Waals surface area contributed by atoms with E-state index in [9.17, 15) is 9.90 Å². The number of carbonyl (C=O) groups excluding carboxylic acids is 1. The minimum Gasteiger partial charge on any atom is -0.507 e. The number of phenolic OH excluding ortho intramolecular Hbond substituents is 1. The number of aromatic hydroxyl groups is 1. The normalized spacial score (nSPS) is 14.3. The number of carbonyl (C=O) groups is 1. The molecule has 0 aliphatic carbocycles. The van der Waals surface area contributed by atoms with Gasteiger partial charge in [0, 0.05) is 26.3 Å². The Kier molecular flexibility index (Phi) is 6.83. The summed E-state index contributed by atoms with van der Waals surface area (Å²) in [7, 11) is 3.98. The highest BCUT2D eigenvalue weighted by Crippen LogP contribution is 2.42. The fourth-order valence-corrected chi connectivity index (χ4v) is 3.88. The van der Waals surface area contributed by atoms with Crippen LogP contribution in [0.3, 0.4) is 0 Å². The van der Waals surface area contributed by atoms with Crippen molar-refractivity contribution in [1.82, 2.24) is 4.90 Å². The molecule has 0 radical (unpaired) electrons. The zero-order chi connectivity index (χ0) is 21.8. The third-order valence-electron chi connectivity index (χ3n) is 5.39. The lowest BCUT2D eigenvalue weighted by Gasteiger charge is -2.22. The van der Waals surface area contributed by atoms with Crippen molar-refractivity contribution in [3.8, 4) is 11.5 Å². The SMILES string of the molecule is CCCN(CCC)Cc1c(O)cc(C)c2c1O/C(=C/c1ccc(N(C)C)cc1)C2=O. The lowest BCUT2D eigenvalue weighted by molar-refractivity contribution is 0.101. The van der Waals surface area contributed by atoms with E-state index in [0.717, 1.165) is 42.7 Å². The summed E-state index contributed by atoms with van der Waals surface area (Å²) < 4.78 is 6.07. The summed E-state index contributed by atoms with van der Waals surface area (Å²) in [6.45, 7) is 8.56. The van der Waals surface area contributed by atoms with Crippen LogP contribution in [0.4, 0.5) is 5.69 Å². The van der Waals surface area contributed by atoms with Crippen LogP contribution >= 0.6 is 0 Å². The van der Waals surface area contributed by atoms with Crippen molar-refractivity contribution in [2.75, 3.05) is 32.1 Å². The number of phenols is 1. The van der Waals surface area contributed by atoms with Crippen molar-refractivity contribution in [3.63, 3.8) is 0 Å². The van der Waals surface area contributed by atoms with Crippen LogP contribution in [-0.4, -0.2) is 43.0 Å². The Labute approximate surface area is 179 Å². The third-order valence-corrected chi connectivity index (χ3v) is 5.39. The molecule has 5 heteroatoms. The molecule has 5 nitrogen and oxygen atoms in total. The van der Waals surface area contributed by atoms with E-state index in [1.807, 2.05) is 50.2 Å². The van der Waals surface area contributed by atoms with E-state index in [1.165, 1.54) is 0 Å². The van der Waals surface area contributed by atoms with Gasteiger partial charge in [-0.3, -0.25) is 9.69 Å². The van der Waals surface area contributed by atoms with Gasteiger partial charge in [-0.05, 0) is 68.3 Å². The molecular formula is C25H32N2O3. The van der Waals surface area contributed by atoms with E-state index in [-0.39, 0.29) is 11.5 Å². The highest BCUT2D eigenvalue weighted by Gasteiger charge is 2.33. The molecular weight excluding hydrogens is 376 g/mol. The zero-order valence-electron chi connectivity index (χ0n) is 18.7. The number of ether oxygens (including phenoxy) is 1. The second-order valence-corrected chi connectivity index (χ2v) is 8.10. The third kappa shape index (κ3) is 4.51. The molecule has 1 aliphatic heterocycles.